The summed E-state index contributed by atoms with van der Waals surface area (Å²) in [6.07, 6.45) is 1.33. The van der Waals surface area contributed by atoms with Crippen molar-refractivity contribution in [1.82, 2.24) is 24.7 Å². The van der Waals surface area contributed by atoms with Crippen LogP contribution in [0.1, 0.15) is 16.2 Å². The van der Waals surface area contributed by atoms with Crippen molar-refractivity contribution in [2.45, 2.75) is 26.4 Å². The molecule has 1 amide bonds. The number of benzene rings is 1. The van der Waals surface area contributed by atoms with E-state index in [2.05, 4.69) is 25.5 Å². The number of carboxylic acid groups (broad SMARTS) is 1. The van der Waals surface area contributed by atoms with E-state index in [1.165, 1.54) is 35.7 Å². The summed E-state index contributed by atoms with van der Waals surface area (Å²) in [5, 5.41) is 22.4. The second-order valence-electron chi connectivity index (χ2n) is 6.55. The molecule has 13 heteroatoms. The van der Waals surface area contributed by atoms with Crippen LogP contribution in [0.25, 0.3) is 0 Å². The van der Waals surface area contributed by atoms with Gasteiger partial charge in [-0.1, -0.05) is 11.8 Å². The lowest BCUT2D eigenvalue weighted by molar-refractivity contribution is -0.136. The number of anilines is 1. The normalized spacial score (nSPS) is 10.8. The van der Waals surface area contributed by atoms with Crippen LogP contribution in [0.15, 0.2) is 68.1 Å². The van der Waals surface area contributed by atoms with Crippen molar-refractivity contribution in [2.24, 2.45) is 7.05 Å². The summed E-state index contributed by atoms with van der Waals surface area (Å²) >= 11 is 3.64. The smallest absolute Gasteiger partial charge is 0.309 e. The molecule has 2 N–H and O–H groups in total. The topological polar surface area (TPSA) is 123 Å². The lowest BCUT2D eigenvalue weighted by Gasteiger charge is -2.10. The number of hydrogen-bond acceptors (Lipinski definition) is 9. The molecule has 0 bridgehead atoms. The molecule has 0 spiro atoms. The van der Waals surface area contributed by atoms with Gasteiger partial charge in [-0.25, -0.2) is 14.4 Å². The lowest BCUT2D eigenvalue weighted by Crippen LogP contribution is -2.15. The van der Waals surface area contributed by atoms with Crippen LogP contribution in [0.4, 0.5) is 9.52 Å². The van der Waals surface area contributed by atoms with Crippen LogP contribution in [-0.2, 0) is 18.3 Å². The van der Waals surface area contributed by atoms with E-state index in [9.17, 15) is 14.0 Å². The predicted molar refractivity (Wildman–Crippen MR) is 121 cm³/mol. The van der Waals surface area contributed by atoms with E-state index in [0.29, 0.717) is 20.8 Å². The largest absolute Gasteiger partial charge is 0.481 e. The fourth-order valence-corrected chi connectivity index (χ4v) is 4.92. The first-order valence-corrected chi connectivity index (χ1v) is 11.8. The highest BCUT2D eigenvalue weighted by Crippen LogP contribution is 2.33. The zero-order chi connectivity index (χ0) is 23.4. The number of aromatic nitrogens is 5. The Morgan fingerprint density at radius 3 is 2.64 bits per heavy atom. The predicted octanol–water partition coefficient (Wildman–Crippen LogP) is 3.99. The van der Waals surface area contributed by atoms with E-state index < -0.39 is 11.9 Å². The van der Waals surface area contributed by atoms with Crippen molar-refractivity contribution >= 4 is 51.9 Å². The number of amides is 1. The molecule has 0 radical (unpaired) electrons. The van der Waals surface area contributed by atoms with Gasteiger partial charge in [-0.05, 0) is 48.2 Å². The highest BCUT2D eigenvalue weighted by Gasteiger charge is 2.19. The Kier molecular flexibility index (Phi) is 7.01. The molecule has 0 saturated heterocycles. The zero-order valence-corrected chi connectivity index (χ0v) is 19.4. The van der Waals surface area contributed by atoms with Crippen molar-refractivity contribution in [3.8, 4) is 0 Å². The van der Waals surface area contributed by atoms with Gasteiger partial charge in [0, 0.05) is 22.2 Å². The molecule has 0 saturated carbocycles. The third kappa shape index (κ3) is 5.94. The monoisotopic (exact) mass is 502 g/mol. The molecule has 0 unspecified atom stereocenters. The lowest BCUT2D eigenvalue weighted by atomic mass is 10.3. The summed E-state index contributed by atoms with van der Waals surface area (Å²) in [7, 11) is 1.80. The molecule has 168 valence electrons. The second-order valence-corrected chi connectivity index (χ2v) is 9.51. The average Bonchev–Trinajstić information content (AvgIpc) is 3.38. The second kappa shape index (κ2) is 10.1. The molecule has 9 nitrogen and oxygen atoms in total. The maximum Gasteiger partial charge on any atom is 0.309 e. The van der Waals surface area contributed by atoms with Crippen LogP contribution < -0.4 is 5.32 Å². The van der Waals surface area contributed by atoms with E-state index in [-0.39, 0.29) is 23.1 Å². The number of nitrogens with one attached hydrogen (secondary N) is 1. The van der Waals surface area contributed by atoms with Gasteiger partial charge in [0.15, 0.2) is 10.3 Å². The molecule has 3 heterocycles. The molecule has 0 fully saturated rings. The number of nitrogens with zero attached hydrogens (tertiary/aromatic N) is 5. The van der Waals surface area contributed by atoms with E-state index in [1.54, 1.807) is 47.6 Å². The number of rotatable bonds is 8. The molecule has 33 heavy (non-hydrogen) atoms. The van der Waals surface area contributed by atoms with Crippen molar-refractivity contribution < 1.29 is 19.1 Å². The van der Waals surface area contributed by atoms with Crippen LogP contribution >= 0.6 is 34.9 Å². The number of thiazole rings is 1. The number of carboxylic acids is 1. The third-order valence-electron chi connectivity index (χ3n) is 4.06. The summed E-state index contributed by atoms with van der Waals surface area (Å²) < 4.78 is 15.0. The molecule has 0 aliphatic rings. The molecule has 0 atom stereocenters. The van der Waals surface area contributed by atoms with Crippen molar-refractivity contribution in [3.05, 3.63) is 65.3 Å². The Morgan fingerprint density at radius 2 is 1.94 bits per heavy atom. The maximum absolute atomic E-state index is 13.3. The van der Waals surface area contributed by atoms with Crippen LogP contribution in [0.5, 0.6) is 0 Å². The van der Waals surface area contributed by atoms with Crippen LogP contribution in [0.2, 0.25) is 0 Å². The summed E-state index contributed by atoms with van der Waals surface area (Å²) in [5.41, 5.74) is 0.495. The maximum atomic E-state index is 13.3. The van der Waals surface area contributed by atoms with Gasteiger partial charge >= 0.3 is 5.97 Å². The van der Waals surface area contributed by atoms with E-state index in [4.69, 9.17) is 5.11 Å². The van der Waals surface area contributed by atoms with Gasteiger partial charge in [-0.3, -0.25) is 14.9 Å². The van der Waals surface area contributed by atoms with Gasteiger partial charge in [0.25, 0.3) is 5.91 Å². The standard InChI is InChI=1S/C20H15FN6O3S3/c1-27-10-22-26-20(27)33-15-7-6-14(32-13-4-2-11(21)3-5-13)17(24-15)18(30)25-19-23-12(9-31-19)8-16(28)29/h2-7,9-10H,8H2,1H3,(H,28,29)(H,23,25,30). The molecule has 0 aliphatic carbocycles. The van der Waals surface area contributed by atoms with Gasteiger partial charge in [-0.15, -0.1) is 21.5 Å². The Hall–Kier alpha value is -3.29. The summed E-state index contributed by atoms with van der Waals surface area (Å²) in [6.45, 7) is 0. The number of carbonyl (C=O) groups excluding carboxylic acids is 1. The minimum absolute atomic E-state index is 0.145. The quantitative estimate of drug-likeness (QED) is 0.368. The summed E-state index contributed by atoms with van der Waals surface area (Å²) in [4.78, 5) is 33.9. The van der Waals surface area contributed by atoms with Gasteiger partial charge in [0.05, 0.1) is 12.1 Å². The van der Waals surface area contributed by atoms with Crippen molar-refractivity contribution in [2.75, 3.05) is 5.32 Å². The number of hydrogen-bond donors (Lipinski definition) is 2. The molecule has 4 aromatic rings. The SMILES string of the molecule is Cn1cnnc1Sc1ccc(Sc2ccc(F)cc2)c(C(=O)Nc2nc(CC(=O)O)cs2)n1. The molecule has 3 aromatic heterocycles. The van der Waals surface area contributed by atoms with Crippen molar-refractivity contribution in [1.29, 1.82) is 0 Å². The fraction of sp³-hybridized carbons (Fsp3) is 0.100. The Balaban J connectivity index is 1.62. The number of aliphatic carboxylic acids is 1. The molecule has 4 rings (SSSR count). The first kappa shape index (κ1) is 22.9. The number of pyridine rings is 1. The first-order valence-electron chi connectivity index (χ1n) is 9.31. The van der Waals surface area contributed by atoms with E-state index >= 15 is 0 Å². The summed E-state index contributed by atoms with van der Waals surface area (Å²) in [5.74, 6) is -1.87. The summed E-state index contributed by atoms with van der Waals surface area (Å²) in [6, 6.07) is 9.43. The fourth-order valence-electron chi connectivity index (χ4n) is 2.58. The van der Waals surface area contributed by atoms with E-state index in [1.807, 2.05) is 0 Å². The minimum atomic E-state index is -1.01. The highest BCUT2D eigenvalue weighted by molar-refractivity contribution is 7.99. The Morgan fingerprint density at radius 1 is 1.15 bits per heavy atom. The molecular weight excluding hydrogens is 487 g/mol. The average molecular weight is 503 g/mol. The van der Waals surface area contributed by atoms with Gasteiger partial charge in [0.1, 0.15) is 22.9 Å². The third-order valence-corrected chi connectivity index (χ3v) is 6.91. The number of aryl methyl sites for hydroxylation is 1. The van der Waals surface area contributed by atoms with E-state index in [0.717, 1.165) is 16.2 Å². The Bertz CT molecular complexity index is 1310. The molecule has 0 aliphatic heterocycles. The van der Waals surface area contributed by atoms with Gasteiger partial charge in [-0.2, -0.15) is 0 Å². The van der Waals surface area contributed by atoms with Crippen molar-refractivity contribution in [3.63, 3.8) is 0 Å². The van der Waals surface area contributed by atoms with Crippen LogP contribution in [0.3, 0.4) is 0 Å². The van der Waals surface area contributed by atoms with Crippen LogP contribution in [-0.4, -0.2) is 41.7 Å². The van der Waals surface area contributed by atoms with Crippen LogP contribution in [0, 0.1) is 5.82 Å². The Labute approximate surface area is 199 Å². The molecule has 1 aromatic carbocycles. The molecular formula is C20H15FN6O3S3. The number of carbonyl (C=O) groups is 2. The zero-order valence-electron chi connectivity index (χ0n) is 16.9. The number of halogens is 1. The minimum Gasteiger partial charge on any atom is -0.481 e. The highest BCUT2D eigenvalue weighted by atomic mass is 32.2. The van der Waals surface area contributed by atoms with Gasteiger partial charge in [0.2, 0.25) is 0 Å². The van der Waals surface area contributed by atoms with Gasteiger partial charge < -0.3 is 9.67 Å². The first-order chi connectivity index (χ1) is 15.9.